The van der Waals surface area contributed by atoms with Crippen LogP contribution in [0.4, 0.5) is 0 Å². The Balaban J connectivity index is 4.63. The molecular weight excluding hydrogens is 1290 g/mol. The highest BCUT2D eigenvalue weighted by atomic mass is 31.2. The van der Waals surface area contributed by atoms with Crippen LogP contribution in [0.2, 0.25) is 0 Å². The molecule has 0 radical (unpaired) electrons. The third-order valence-electron chi connectivity index (χ3n) is 15.5. The van der Waals surface area contributed by atoms with Gasteiger partial charge in [-0.15, -0.1) is 0 Å². The Morgan fingerprint density at radius 3 is 0.848 bits per heavy atom. The first-order valence-electron chi connectivity index (χ1n) is 38.1. The Morgan fingerprint density at radius 1 is 0.293 bits per heavy atom. The fraction of sp³-hybridized carbons (Fsp3) is 0.667. The number of rotatable bonds is 71. The van der Waals surface area contributed by atoms with Crippen LogP contribution in [0.3, 0.4) is 0 Å². The van der Waals surface area contributed by atoms with Crippen molar-refractivity contribution in [2.75, 3.05) is 39.6 Å². The van der Waals surface area contributed by atoms with E-state index in [2.05, 4.69) is 167 Å². The zero-order chi connectivity index (χ0) is 72.3. The summed E-state index contributed by atoms with van der Waals surface area (Å²) in [6.07, 6.45) is 88.8. The van der Waals surface area contributed by atoms with Gasteiger partial charge in [0.15, 0.2) is 6.10 Å². The molecule has 0 aliphatic rings. The zero-order valence-electron chi connectivity index (χ0n) is 61.6. The molecule has 0 saturated carbocycles. The SMILES string of the molecule is CC/C=C\C/C=C\C/C=C\C/C=C\C/C=C\CCCCCCCCCCCC(=O)OCC(O)COP(=O)(O)OCC(O)COP(=O)(O)OCC(COC(=O)CCCCCCCCC/C=C\C/C=C\C/C=C\C/C=C\C/C=C\CC)OC(=O)CCCCCCC/C=C\C/C=C\CCCCC. The van der Waals surface area contributed by atoms with Gasteiger partial charge in [0, 0.05) is 19.3 Å². The van der Waals surface area contributed by atoms with Crippen LogP contribution in [-0.2, 0) is 55.8 Å². The molecule has 0 aromatic carbocycles. The van der Waals surface area contributed by atoms with E-state index in [0.717, 1.165) is 186 Å². The lowest BCUT2D eigenvalue weighted by Gasteiger charge is -2.21. The van der Waals surface area contributed by atoms with Crippen LogP contribution in [-0.4, -0.2) is 95.9 Å². The van der Waals surface area contributed by atoms with E-state index in [1.165, 1.54) is 44.9 Å². The first kappa shape index (κ1) is 94.4. The van der Waals surface area contributed by atoms with E-state index >= 15 is 0 Å². The molecule has 0 fully saturated rings. The molecule has 5 atom stereocenters. The van der Waals surface area contributed by atoms with Crippen LogP contribution in [0.5, 0.6) is 0 Å². The molecule has 16 nitrogen and oxygen atoms in total. The summed E-state index contributed by atoms with van der Waals surface area (Å²) in [5, 5.41) is 20.6. The van der Waals surface area contributed by atoms with Crippen molar-refractivity contribution in [3.63, 3.8) is 0 Å². The first-order chi connectivity index (χ1) is 48.2. The lowest BCUT2D eigenvalue weighted by atomic mass is 10.1. The second-order valence-corrected chi connectivity index (χ2v) is 27.9. The fourth-order valence-electron chi connectivity index (χ4n) is 9.77. The zero-order valence-corrected chi connectivity index (χ0v) is 63.4. The molecule has 0 aliphatic heterocycles. The second-order valence-electron chi connectivity index (χ2n) is 25.0. The summed E-state index contributed by atoms with van der Waals surface area (Å²) in [4.78, 5) is 58.6. The molecule has 566 valence electrons. The van der Waals surface area contributed by atoms with Crippen LogP contribution < -0.4 is 0 Å². The van der Waals surface area contributed by atoms with Gasteiger partial charge in [0.1, 0.15) is 25.4 Å². The molecular formula is C81H136O16P2. The van der Waals surface area contributed by atoms with Crippen LogP contribution >= 0.6 is 15.6 Å². The Morgan fingerprint density at radius 2 is 0.535 bits per heavy atom. The van der Waals surface area contributed by atoms with E-state index in [1.54, 1.807) is 0 Å². The van der Waals surface area contributed by atoms with Crippen molar-refractivity contribution in [3.8, 4) is 0 Å². The first-order valence-corrected chi connectivity index (χ1v) is 41.1. The van der Waals surface area contributed by atoms with Crippen LogP contribution in [0.15, 0.2) is 146 Å². The summed E-state index contributed by atoms with van der Waals surface area (Å²) in [5.41, 5.74) is 0. The largest absolute Gasteiger partial charge is 0.472 e. The van der Waals surface area contributed by atoms with Gasteiger partial charge in [-0.2, -0.15) is 0 Å². The number of aliphatic hydroxyl groups excluding tert-OH is 2. The van der Waals surface area contributed by atoms with E-state index in [0.29, 0.717) is 19.3 Å². The monoisotopic (exact) mass is 1430 g/mol. The number of allylic oxidation sites excluding steroid dienone is 24. The quantitative estimate of drug-likeness (QED) is 0.0146. The lowest BCUT2D eigenvalue weighted by Crippen LogP contribution is -2.30. The maximum Gasteiger partial charge on any atom is 0.472 e. The fourth-order valence-corrected chi connectivity index (χ4v) is 11.4. The third-order valence-corrected chi connectivity index (χ3v) is 17.4. The number of hydrogen-bond acceptors (Lipinski definition) is 14. The van der Waals surface area contributed by atoms with Gasteiger partial charge in [-0.05, 0) is 141 Å². The average molecular weight is 1430 g/mol. The summed E-state index contributed by atoms with van der Waals surface area (Å²) in [5.74, 6) is -1.61. The summed E-state index contributed by atoms with van der Waals surface area (Å²) in [6.45, 7) is 2.39. The van der Waals surface area contributed by atoms with Crippen molar-refractivity contribution >= 4 is 33.6 Å². The van der Waals surface area contributed by atoms with E-state index in [9.17, 15) is 43.5 Å². The molecule has 0 bridgehead atoms. The van der Waals surface area contributed by atoms with Gasteiger partial charge in [-0.3, -0.25) is 32.5 Å². The number of unbranched alkanes of at least 4 members (excludes halogenated alkanes) is 24. The number of carbonyl (C=O) groups is 3. The Bertz CT molecular complexity index is 2380. The van der Waals surface area contributed by atoms with Crippen molar-refractivity contribution in [1.82, 2.24) is 0 Å². The standard InChI is InChI=1S/C81H136O16P2/c1-4-7-10-13-16-19-22-25-28-30-32-34-36-37-39-41-42-44-47-49-52-55-58-61-64-67-79(84)91-70-76(82)71-93-98(87,88)94-72-77(83)73-95-99(89,90)96-75-78(97-81(86)69-66-63-60-57-54-51-46-27-24-21-18-15-12-9-6-3)74-92-80(85)68-65-62-59-56-53-50-48-45-43-40-38-35-33-31-29-26-23-20-17-14-11-8-5-2/h7-8,10-11,16-21,25-29,32-35,37,39-40,43,46,76-78,82-83H,4-6,9,12-15,22-24,30-31,36,38,41-42,44-45,47-75H2,1-3H3,(H,87,88)(H,89,90)/b10-7-,11-8-,19-16-,20-17-,21-18-,28-25-,29-26-,34-32-,35-33-,39-37-,43-40-,46-27-. The summed E-state index contributed by atoms with van der Waals surface area (Å²) < 4.78 is 61.1. The molecule has 0 amide bonds. The van der Waals surface area contributed by atoms with Gasteiger partial charge in [0.2, 0.25) is 0 Å². The van der Waals surface area contributed by atoms with Crippen LogP contribution in [0.1, 0.15) is 290 Å². The number of phosphoric ester groups is 2. The minimum atomic E-state index is -4.94. The molecule has 0 aromatic heterocycles. The Labute approximate surface area is 600 Å². The smallest absolute Gasteiger partial charge is 0.463 e. The van der Waals surface area contributed by atoms with Gasteiger partial charge in [0.25, 0.3) is 0 Å². The predicted octanol–water partition coefficient (Wildman–Crippen LogP) is 22.1. The van der Waals surface area contributed by atoms with E-state index in [4.69, 9.17) is 32.3 Å². The minimum absolute atomic E-state index is 0.0820. The van der Waals surface area contributed by atoms with Gasteiger partial charge in [0.05, 0.1) is 26.4 Å². The molecule has 0 spiro atoms. The highest BCUT2D eigenvalue weighted by Gasteiger charge is 2.29. The van der Waals surface area contributed by atoms with Crippen molar-refractivity contribution < 1.29 is 75.8 Å². The minimum Gasteiger partial charge on any atom is -0.463 e. The van der Waals surface area contributed by atoms with Gasteiger partial charge < -0.3 is 34.2 Å². The van der Waals surface area contributed by atoms with Crippen LogP contribution in [0, 0.1) is 0 Å². The lowest BCUT2D eigenvalue weighted by molar-refractivity contribution is -0.161. The number of phosphoric acid groups is 2. The summed E-state index contributed by atoms with van der Waals surface area (Å²) >= 11 is 0. The molecule has 5 unspecified atom stereocenters. The van der Waals surface area contributed by atoms with Gasteiger partial charge >= 0.3 is 33.6 Å². The highest BCUT2D eigenvalue weighted by Crippen LogP contribution is 2.45. The van der Waals surface area contributed by atoms with Gasteiger partial charge in [-0.25, -0.2) is 9.13 Å². The van der Waals surface area contributed by atoms with Crippen molar-refractivity contribution in [1.29, 1.82) is 0 Å². The molecule has 0 rings (SSSR count). The predicted molar refractivity (Wildman–Crippen MR) is 408 cm³/mol. The second kappa shape index (κ2) is 73.2. The molecule has 0 heterocycles. The number of esters is 3. The Kier molecular flexibility index (Phi) is 69.8. The molecule has 0 aromatic rings. The van der Waals surface area contributed by atoms with E-state index < -0.39 is 91.5 Å². The molecule has 99 heavy (non-hydrogen) atoms. The maximum absolute atomic E-state index is 13.0. The number of aliphatic hydroxyl groups is 2. The molecule has 0 aliphatic carbocycles. The van der Waals surface area contributed by atoms with Crippen molar-refractivity contribution in [3.05, 3.63) is 146 Å². The molecule has 0 saturated heterocycles. The third kappa shape index (κ3) is 74.4. The van der Waals surface area contributed by atoms with Crippen molar-refractivity contribution in [2.45, 2.75) is 309 Å². The topological polar surface area (TPSA) is 231 Å². The van der Waals surface area contributed by atoms with E-state index in [-0.39, 0.29) is 19.3 Å². The molecule has 4 N–H and O–H groups in total. The summed E-state index contributed by atoms with van der Waals surface area (Å²) in [6, 6.07) is 0. The number of hydrogen-bond donors (Lipinski definition) is 4. The number of ether oxygens (including phenoxy) is 3. The van der Waals surface area contributed by atoms with Crippen molar-refractivity contribution in [2.24, 2.45) is 0 Å². The number of carbonyl (C=O) groups excluding carboxylic acids is 3. The highest BCUT2D eigenvalue weighted by molar-refractivity contribution is 7.47. The summed E-state index contributed by atoms with van der Waals surface area (Å²) in [7, 11) is -9.80. The van der Waals surface area contributed by atoms with Crippen LogP contribution in [0.25, 0.3) is 0 Å². The van der Waals surface area contributed by atoms with E-state index in [1.807, 2.05) is 0 Å². The average Bonchev–Trinajstić information content (AvgIpc) is 1.57. The maximum atomic E-state index is 13.0. The molecule has 18 heteroatoms. The Hall–Kier alpha value is -4.57. The van der Waals surface area contributed by atoms with Gasteiger partial charge in [-0.1, -0.05) is 276 Å². The normalized spacial score (nSPS) is 14.9.